The fourth-order valence-corrected chi connectivity index (χ4v) is 3.67. The number of aromatic nitrogens is 4. The summed E-state index contributed by atoms with van der Waals surface area (Å²) in [5, 5.41) is 8.26. The molecule has 0 saturated carbocycles. The van der Waals surface area contributed by atoms with Crippen LogP contribution in [0.1, 0.15) is 38.8 Å². The number of aryl methyl sites for hydroxylation is 4. The van der Waals surface area contributed by atoms with E-state index in [0.717, 1.165) is 28.1 Å². The van der Waals surface area contributed by atoms with Crippen LogP contribution in [0.4, 0.5) is 0 Å². The number of hydrogen-bond acceptors (Lipinski definition) is 5. The van der Waals surface area contributed by atoms with Gasteiger partial charge >= 0.3 is 5.69 Å². The van der Waals surface area contributed by atoms with Crippen molar-refractivity contribution in [1.82, 2.24) is 24.4 Å². The lowest BCUT2D eigenvalue weighted by Gasteiger charge is -2.26. The standard InChI is InChI=1S/C20H23N5O3/c1-13-5-4-6-16(11-13)12-23-9-10-24-18(19(23)26)21-25(20(24)27)8-7-17-14(2)22-28-15(17)3/h4-6,11H,7-10,12H2,1-3H3. The van der Waals surface area contributed by atoms with Crippen molar-refractivity contribution in [3.05, 3.63) is 68.7 Å². The molecular weight excluding hydrogens is 358 g/mol. The number of fused-ring (bicyclic) bond motifs is 1. The zero-order valence-electron chi connectivity index (χ0n) is 16.3. The number of rotatable bonds is 5. The predicted molar refractivity (Wildman–Crippen MR) is 102 cm³/mol. The molecule has 0 atom stereocenters. The number of carbonyl (C=O) groups excluding carboxylic acids is 1. The van der Waals surface area contributed by atoms with Crippen LogP contribution in [0.5, 0.6) is 0 Å². The SMILES string of the molecule is Cc1cccc(CN2CCn3c(nn(CCc4c(C)noc4C)c3=O)C2=O)c1. The monoisotopic (exact) mass is 381 g/mol. The normalized spacial score (nSPS) is 13.8. The highest BCUT2D eigenvalue weighted by molar-refractivity contribution is 5.91. The van der Waals surface area contributed by atoms with Crippen molar-refractivity contribution < 1.29 is 9.32 Å². The van der Waals surface area contributed by atoms with E-state index < -0.39 is 0 Å². The summed E-state index contributed by atoms with van der Waals surface area (Å²) in [6.07, 6.45) is 0.582. The fraction of sp³-hybridized carbons (Fsp3) is 0.400. The summed E-state index contributed by atoms with van der Waals surface area (Å²) >= 11 is 0. The molecule has 8 heteroatoms. The van der Waals surface area contributed by atoms with Gasteiger partial charge < -0.3 is 9.42 Å². The van der Waals surface area contributed by atoms with E-state index in [2.05, 4.69) is 16.3 Å². The molecule has 8 nitrogen and oxygen atoms in total. The molecule has 2 aromatic heterocycles. The number of amides is 1. The third-order valence-electron chi connectivity index (χ3n) is 5.21. The maximum atomic E-state index is 12.9. The van der Waals surface area contributed by atoms with E-state index in [-0.39, 0.29) is 17.4 Å². The Morgan fingerprint density at radius 1 is 1.14 bits per heavy atom. The Kier molecular flexibility index (Phi) is 4.62. The molecule has 146 valence electrons. The summed E-state index contributed by atoms with van der Waals surface area (Å²) in [4.78, 5) is 27.3. The van der Waals surface area contributed by atoms with E-state index in [9.17, 15) is 9.59 Å². The van der Waals surface area contributed by atoms with Crippen LogP contribution in [0, 0.1) is 20.8 Å². The Morgan fingerprint density at radius 3 is 2.68 bits per heavy atom. The smallest absolute Gasteiger partial charge is 0.346 e. The molecule has 0 unspecified atom stereocenters. The molecule has 3 heterocycles. The van der Waals surface area contributed by atoms with Crippen molar-refractivity contribution >= 4 is 5.91 Å². The average Bonchev–Trinajstić information content (AvgIpc) is 3.16. The van der Waals surface area contributed by atoms with Crippen LogP contribution in [0.2, 0.25) is 0 Å². The van der Waals surface area contributed by atoms with Crippen LogP contribution in [0.3, 0.4) is 0 Å². The fourth-order valence-electron chi connectivity index (χ4n) is 3.67. The minimum absolute atomic E-state index is 0.207. The van der Waals surface area contributed by atoms with Gasteiger partial charge in [-0.05, 0) is 32.8 Å². The van der Waals surface area contributed by atoms with Gasteiger partial charge in [0.05, 0.1) is 12.2 Å². The zero-order chi connectivity index (χ0) is 19.8. The first kappa shape index (κ1) is 18.2. The molecule has 0 spiro atoms. The van der Waals surface area contributed by atoms with Crippen molar-refractivity contribution in [2.45, 2.75) is 46.8 Å². The largest absolute Gasteiger partial charge is 0.361 e. The van der Waals surface area contributed by atoms with E-state index in [1.807, 2.05) is 39.0 Å². The molecule has 1 aromatic carbocycles. The van der Waals surface area contributed by atoms with Gasteiger partial charge in [-0.15, -0.1) is 5.10 Å². The van der Waals surface area contributed by atoms with Crippen LogP contribution in [0.15, 0.2) is 33.6 Å². The zero-order valence-corrected chi connectivity index (χ0v) is 16.3. The predicted octanol–water partition coefficient (Wildman–Crippen LogP) is 1.86. The van der Waals surface area contributed by atoms with Crippen molar-refractivity contribution in [1.29, 1.82) is 0 Å². The lowest BCUT2D eigenvalue weighted by Crippen LogP contribution is -2.42. The van der Waals surface area contributed by atoms with Gasteiger partial charge in [0.1, 0.15) is 5.76 Å². The summed E-state index contributed by atoms with van der Waals surface area (Å²) in [5.74, 6) is 0.749. The van der Waals surface area contributed by atoms with Gasteiger partial charge in [-0.25, -0.2) is 9.48 Å². The van der Waals surface area contributed by atoms with Crippen molar-refractivity contribution in [3.8, 4) is 0 Å². The summed E-state index contributed by atoms with van der Waals surface area (Å²) < 4.78 is 8.01. The number of hydrogen-bond donors (Lipinski definition) is 0. The second kappa shape index (κ2) is 7.10. The van der Waals surface area contributed by atoms with E-state index in [0.29, 0.717) is 32.6 Å². The molecule has 4 rings (SSSR count). The van der Waals surface area contributed by atoms with Gasteiger partial charge in [0, 0.05) is 25.2 Å². The van der Waals surface area contributed by atoms with E-state index >= 15 is 0 Å². The van der Waals surface area contributed by atoms with Crippen LogP contribution in [-0.4, -0.2) is 36.9 Å². The summed E-state index contributed by atoms with van der Waals surface area (Å²) in [6.45, 7) is 7.60. The highest BCUT2D eigenvalue weighted by Crippen LogP contribution is 2.15. The van der Waals surface area contributed by atoms with Gasteiger partial charge in [0.25, 0.3) is 5.91 Å². The third kappa shape index (κ3) is 3.26. The summed E-state index contributed by atoms with van der Waals surface area (Å²) in [5.41, 5.74) is 3.77. The molecule has 0 bridgehead atoms. The van der Waals surface area contributed by atoms with Crippen LogP contribution in [0.25, 0.3) is 0 Å². The second-order valence-electron chi connectivity index (χ2n) is 7.25. The maximum Gasteiger partial charge on any atom is 0.346 e. The molecule has 1 aliphatic rings. The van der Waals surface area contributed by atoms with Gasteiger partial charge in [-0.2, -0.15) is 0 Å². The van der Waals surface area contributed by atoms with Crippen LogP contribution < -0.4 is 5.69 Å². The highest BCUT2D eigenvalue weighted by atomic mass is 16.5. The van der Waals surface area contributed by atoms with Crippen LogP contribution in [-0.2, 0) is 26.1 Å². The molecule has 3 aromatic rings. The Morgan fingerprint density at radius 2 is 1.96 bits per heavy atom. The van der Waals surface area contributed by atoms with Crippen molar-refractivity contribution in [2.24, 2.45) is 0 Å². The Balaban J connectivity index is 1.53. The van der Waals surface area contributed by atoms with Crippen LogP contribution >= 0.6 is 0 Å². The molecular formula is C20H23N5O3. The first-order valence-corrected chi connectivity index (χ1v) is 9.38. The highest BCUT2D eigenvalue weighted by Gasteiger charge is 2.29. The molecule has 0 N–H and O–H groups in total. The van der Waals surface area contributed by atoms with Gasteiger partial charge in [0.2, 0.25) is 5.82 Å². The Bertz CT molecular complexity index is 1070. The van der Waals surface area contributed by atoms with E-state index in [4.69, 9.17) is 4.52 Å². The first-order chi connectivity index (χ1) is 13.4. The molecule has 1 aliphatic heterocycles. The second-order valence-corrected chi connectivity index (χ2v) is 7.25. The summed E-state index contributed by atoms with van der Waals surface area (Å²) in [6, 6.07) is 8.08. The van der Waals surface area contributed by atoms with E-state index in [1.54, 1.807) is 4.90 Å². The van der Waals surface area contributed by atoms with Gasteiger partial charge in [-0.1, -0.05) is 35.0 Å². The minimum atomic E-state index is -0.245. The van der Waals surface area contributed by atoms with Gasteiger partial charge in [-0.3, -0.25) is 9.36 Å². The quantitative estimate of drug-likeness (QED) is 0.673. The first-order valence-electron chi connectivity index (χ1n) is 9.38. The number of benzene rings is 1. The van der Waals surface area contributed by atoms with Crippen molar-refractivity contribution in [2.75, 3.05) is 6.54 Å². The molecule has 0 fully saturated rings. The topological polar surface area (TPSA) is 86.2 Å². The molecule has 0 radical (unpaired) electrons. The lowest BCUT2D eigenvalue weighted by molar-refractivity contribution is 0.0681. The Hall–Kier alpha value is -3.16. The van der Waals surface area contributed by atoms with E-state index in [1.165, 1.54) is 9.25 Å². The molecule has 0 aliphatic carbocycles. The number of carbonyl (C=O) groups is 1. The van der Waals surface area contributed by atoms with Gasteiger partial charge in [0.15, 0.2) is 0 Å². The number of nitrogens with zero attached hydrogens (tertiary/aromatic N) is 5. The summed E-state index contributed by atoms with van der Waals surface area (Å²) in [7, 11) is 0. The Labute approximate surface area is 162 Å². The average molecular weight is 381 g/mol. The lowest BCUT2D eigenvalue weighted by atomic mass is 10.1. The minimum Gasteiger partial charge on any atom is -0.361 e. The molecule has 1 amide bonds. The molecule has 0 saturated heterocycles. The maximum absolute atomic E-state index is 12.9. The molecule has 28 heavy (non-hydrogen) atoms. The van der Waals surface area contributed by atoms with Crippen molar-refractivity contribution in [3.63, 3.8) is 0 Å². The third-order valence-corrected chi connectivity index (χ3v) is 5.21.